The second kappa shape index (κ2) is 9.77. The van der Waals surface area contributed by atoms with Crippen LogP contribution in [-0.2, 0) is 11.3 Å². The van der Waals surface area contributed by atoms with E-state index in [1.165, 1.54) is 5.56 Å². The van der Waals surface area contributed by atoms with Gasteiger partial charge in [0.1, 0.15) is 12.3 Å². The van der Waals surface area contributed by atoms with Gasteiger partial charge in [0.2, 0.25) is 5.91 Å². The fraction of sp³-hybridized carbons (Fsp3) is 0.440. The molecular formula is C25H31N3O2S. The van der Waals surface area contributed by atoms with Gasteiger partial charge in [0.05, 0.1) is 17.6 Å². The predicted octanol–water partition coefficient (Wildman–Crippen LogP) is 5.08. The second-order valence-electron chi connectivity index (χ2n) is 8.50. The number of aromatic nitrogens is 2. The van der Waals surface area contributed by atoms with Gasteiger partial charge >= 0.3 is 0 Å². The van der Waals surface area contributed by atoms with Gasteiger partial charge in [-0.1, -0.05) is 48.5 Å². The SMILES string of the molecule is Cc1ccc(OCCSc2nc3ccccc3n2CC(=O)N2CCC(C)CC2)c(C)c1. The number of aryl methyl sites for hydroxylation is 2. The van der Waals surface area contributed by atoms with Crippen LogP contribution in [0.25, 0.3) is 11.0 Å². The van der Waals surface area contributed by atoms with Gasteiger partial charge < -0.3 is 14.2 Å². The van der Waals surface area contributed by atoms with Gasteiger partial charge in [-0.15, -0.1) is 0 Å². The molecule has 1 saturated heterocycles. The molecule has 1 amide bonds. The van der Waals surface area contributed by atoms with Crippen molar-refractivity contribution in [3.63, 3.8) is 0 Å². The molecule has 0 bridgehead atoms. The Bertz CT molecular complexity index is 1050. The number of likely N-dealkylation sites (tertiary alicyclic amines) is 1. The first-order chi connectivity index (χ1) is 15.0. The number of hydrogen-bond donors (Lipinski definition) is 0. The Balaban J connectivity index is 1.43. The maximum atomic E-state index is 13.0. The number of thioether (sulfide) groups is 1. The fourth-order valence-electron chi connectivity index (χ4n) is 4.06. The summed E-state index contributed by atoms with van der Waals surface area (Å²) in [6.07, 6.45) is 2.18. The van der Waals surface area contributed by atoms with Crippen LogP contribution in [0.3, 0.4) is 0 Å². The molecule has 1 aliphatic heterocycles. The lowest BCUT2D eigenvalue weighted by atomic mass is 9.99. The summed E-state index contributed by atoms with van der Waals surface area (Å²) in [6, 6.07) is 14.3. The third-order valence-electron chi connectivity index (χ3n) is 5.95. The number of carbonyl (C=O) groups excluding carboxylic acids is 1. The van der Waals surface area contributed by atoms with E-state index in [-0.39, 0.29) is 5.91 Å². The average molecular weight is 438 g/mol. The summed E-state index contributed by atoms with van der Waals surface area (Å²) in [5, 5.41) is 0.879. The molecule has 1 aliphatic rings. The lowest BCUT2D eigenvalue weighted by Gasteiger charge is -2.30. The van der Waals surface area contributed by atoms with Gasteiger partial charge in [-0.3, -0.25) is 4.79 Å². The van der Waals surface area contributed by atoms with E-state index in [1.807, 2.05) is 35.2 Å². The first-order valence-corrected chi connectivity index (χ1v) is 12.1. The zero-order valence-electron chi connectivity index (χ0n) is 18.6. The number of fused-ring (bicyclic) bond motifs is 1. The van der Waals surface area contributed by atoms with Crippen LogP contribution in [0.4, 0.5) is 0 Å². The van der Waals surface area contributed by atoms with E-state index in [1.54, 1.807) is 11.8 Å². The van der Waals surface area contributed by atoms with Gasteiger partial charge in [-0.25, -0.2) is 4.98 Å². The predicted molar refractivity (Wildman–Crippen MR) is 127 cm³/mol. The third kappa shape index (κ3) is 5.24. The molecule has 164 valence electrons. The Morgan fingerprint density at radius 1 is 1.16 bits per heavy atom. The summed E-state index contributed by atoms with van der Waals surface area (Å²) in [5.41, 5.74) is 4.33. The van der Waals surface area contributed by atoms with E-state index in [2.05, 4.69) is 37.5 Å². The Hall–Kier alpha value is -2.47. The maximum absolute atomic E-state index is 13.0. The third-order valence-corrected chi connectivity index (χ3v) is 6.89. The topological polar surface area (TPSA) is 47.4 Å². The number of carbonyl (C=O) groups is 1. The van der Waals surface area contributed by atoms with Crippen LogP contribution in [-0.4, -0.2) is 45.8 Å². The molecule has 0 unspecified atom stereocenters. The molecule has 0 atom stereocenters. The molecule has 2 heterocycles. The number of para-hydroxylation sites is 2. The minimum Gasteiger partial charge on any atom is -0.492 e. The fourth-order valence-corrected chi connectivity index (χ4v) is 4.89. The van der Waals surface area contributed by atoms with E-state index in [9.17, 15) is 4.79 Å². The molecule has 6 heteroatoms. The molecule has 3 aromatic rings. The number of piperidine rings is 1. The first kappa shape index (κ1) is 21.8. The van der Waals surface area contributed by atoms with Crippen LogP contribution in [0.2, 0.25) is 0 Å². The van der Waals surface area contributed by atoms with Gasteiger partial charge in [-0.05, 0) is 56.4 Å². The van der Waals surface area contributed by atoms with Crippen LogP contribution in [0.5, 0.6) is 5.75 Å². The highest BCUT2D eigenvalue weighted by atomic mass is 32.2. The first-order valence-electron chi connectivity index (χ1n) is 11.1. The number of rotatable bonds is 7. The normalized spacial score (nSPS) is 14.9. The minimum absolute atomic E-state index is 0.184. The van der Waals surface area contributed by atoms with E-state index < -0.39 is 0 Å². The minimum atomic E-state index is 0.184. The number of hydrogen-bond acceptors (Lipinski definition) is 4. The van der Waals surface area contributed by atoms with Crippen LogP contribution in [0.1, 0.15) is 30.9 Å². The highest BCUT2D eigenvalue weighted by molar-refractivity contribution is 7.99. The summed E-state index contributed by atoms with van der Waals surface area (Å²) < 4.78 is 8.05. The van der Waals surface area contributed by atoms with Crippen molar-refractivity contribution in [2.75, 3.05) is 25.4 Å². The van der Waals surface area contributed by atoms with Gasteiger partial charge in [0, 0.05) is 18.8 Å². The van der Waals surface area contributed by atoms with Crippen molar-refractivity contribution in [1.29, 1.82) is 0 Å². The molecule has 2 aromatic carbocycles. The molecule has 0 radical (unpaired) electrons. The van der Waals surface area contributed by atoms with Crippen molar-refractivity contribution in [3.05, 3.63) is 53.6 Å². The molecule has 0 saturated carbocycles. The van der Waals surface area contributed by atoms with E-state index in [4.69, 9.17) is 9.72 Å². The Morgan fingerprint density at radius 2 is 1.94 bits per heavy atom. The largest absolute Gasteiger partial charge is 0.492 e. The van der Waals surface area contributed by atoms with Crippen LogP contribution in [0.15, 0.2) is 47.6 Å². The van der Waals surface area contributed by atoms with Gasteiger partial charge in [0.25, 0.3) is 0 Å². The molecule has 31 heavy (non-hydrogen) atoms. The van der Waals surface area contributed by atoms with E-state index in [0.717, 1.165) is 59.2 Å². The Kier molecular flexibility index (Phi) is 6.86. The van der Waals surface area contributed by atoms with Crippen molar-refractivity contribution < 1.29 is 9.53 Å². The monoisotopic (exact) mass is 437 g/mol. The Labute approximate surface area is 188 Å². The smallest absolute Gasteiger partial charge is 0.242 e. The van der Waals surface area contributed by atoms with Gasteiger partial charge in [-0.2, -0.15) is 0 Å². The van der Waals surface area contributed by atoms with Crippen LogP contribution in [0, 0.1) is 19.8 Å². The second-order valence-corrected chi connectivity index (χ2v) is 9.56. The average Bonchev–Trinajstić information content (AvgIpc) is 3.10. The molecule has 5 nitrogen and oxygen atoms in total. The molecular weight excluding hydrogens is 406 g/mol. The van der Waals surface area contributed by atoms with Crippen molar-refractivity contribution in [2.24, 2.45) is 5.92 Å². The Morgan fingerprint density at radius 3 is 2.71 bits per heavy atom. The zero-order valence-corrected chi connectivity index (χ0v) is 19.5. The van der Waals surface area contributed by atoms with Gasteiger partial charge in [0.15, 0.2) is 5.16 Å². The number of benzene rings is 2. The lowest BCUT2D eigenvalue weighted by Crippen LogP contribution is -2.39. The number of nitrogens with zero attached hydrogens (tertiary/aromatic N) is 3. The van der Waals surface area contributed by atoms with E-state index >= 15 is 0 Å². The van der Waals surface area contributed by atoms with Crippen molar-refractivity contribution in [1.82, 2.24) is 14.5 Å². The van der Waals surface area contributed by atoms with Crippen LogP contribution >= 0.6 is 11.8 Å². The van der Waals surface area contributed by atoms with E-state index in [0.29, 0.717) is 19.1 Å². The highest BCUT2D eigenvalue weighted by Crippen LogP contribution is 2.26. The highest BCUT2D eigenvalue weighted by Gasteiger charge is 2.22. The zero-order chi connectivity index (χ0) is 21.8. The summed E-state index contributed by atoms with van der Waals surface area (Å²) in [4.78, 5) is 19.8. The van der Waals surface area contributed by atoms with Crippen molar-refractivity contribution in [3.8, 4) is 5.75 Å². The molecule has 1 aromatic heterocycles. The molecule has 0 spiro atoms. The number of imidazole rings is 1. The molecule has 0 N–H and O–H groups in total. The summed E-state index contributed by atoms with van der Waals surface area (Å²) in [7, 11) is 0. The summed E-state index contributed by atoms with van der Waals surface area (Å²) in [5.74, 6) is 2.59. The summed E-state index contributed by atoms with van der Waals surface area (Å²) >= 11 is 1.65. The molecule has 0 aliphatic carbocycles. The molecule has 4 rings (SSSR count). The van der Waals surface area contributed by atoms with Crippen LogP contribution < -0.4 is 4.74 Å². The van der Waals surface area contributed by atoms with Crippen molar-refractivity contribution >= 4 is 28.7 Å². The standard InChI is InChI=1S/C25H31N3O2S/c1-18-10-12-27(13-11-18)24(29)17-28-22-7-5-4-6-21(22)26-25(28)31-15-14-30-23-9-8-19(2)16-20(23)3/h4-9,16,18H,10-15,17H2,1-3H3. The number of amides is 1. The van der Waals surface area contributed by atoms with Crippen molar-refractivity contribution in [2.45, 2.75) is 45.3 Å². The summed E-state index contributed by atoms with van der Waals surface area (Å²) in [6.45, 7) is 9.08. The quantitative estimate of drug-likeness (QED) is 0.382. The molecule has 1 fully saturated rings. The maximum Gasteiger partial charge on any atom is 0.242 e. The number of ether oxygens (including phenoxy) is 1. The lowest BCUT2D eigenvalue weighted by molar-refractivity contribution is -0.133.